The Bertz CT molecular complexity index is 753. The Hall–Kier alpha value is -1.36. The lowest BCUT2D eigenvalue weighted by Gasteiger charge is -2.04. The molecule has 0 saturated heterocycles. The summed E-state index contributed by atoms with van der Waals surface area (Å²) in [5.74, 6) is 0.824. The average molecular weight is 381 g/mol. The Morgan fingerprint density at radius 2 is 1.62 bits per heavy atom. The molecule has 21 heavy (non-hydrogen) atoms. The van der Waals surface area contributed by atoms with Crippen LogP contribution < -0.4 is 4.74 Å². The average Bonchev–Trinajstić information content (AvgIpc) is 2.90. The van der Waals surface area contributed by atoms with E-state index in [1.165, 1.54) is 11.3 Å². The van der Waals surface area contributed by atoms with Crippen LogP contribution in [0.1, 0.15) is 0 Å². The molecule has 2 aromatic carbocycles. The van der Waals surface area contributed by atoms with Crippen LogP contribution in [0.25, 0.3) is 21.7 Å². The largest absolute Gasteiger partial charge is 0.497 e. The SMILES string of the molecule is COc1ccc(-c2nc(Cl)sc2-c2ccc(Br)cc2)cc1. The van der Waals surface area contributed by atoms with Gasteiger partial charge in [0.2, 0.25) is 0 Å². The van der Waals surface area contributed by atoms with Gasteiger partial charge in [-0.25, -0.2) is 4.98 Å². The predicted molar refractivity (Wildman–Crippen MR) is 92.2 cm³/mol. The minimum absolute atomic E-state index is 0.540. The van der Waals surface area contributed by atoms with Crippen LogP contribution in [0.5, 0.6) is 5.75 Å². The minimum Gasteiger partial charge on any atom is -0.497 e. The van der Waals surface area contributed by atoms with Crippen molar-refractivity contribution >= 4 is 38.9 Å². The molecular weight excluding hydrogens is 370 g/mol. The molecule has 106 valence electrons. The highest BCUT2D eigenvalue weighted by Crippen LogP contribution is 2.39. The fraction of sp³-hybridized carbons (Fsp3) is 0.0625. The van der Waals surface area contributed by atoms with Crippen LogP contribution in [-0.4, -0.2) is 12.1 Å². The number of aromatic nitrogens is 1. The molecule has 0 bridgehead atoms. The number of halogens is 2. The van der Waals surface area contributed by atoms with Gasteiger partial charge in [0.1, 0.15) is 5.75 Å². The Morgan fingerprint density at radius 1 is 1.00 bits per heavy atom. The first-order valence-electron chi connectivity index (χ1n) is 6.24. The fourth-order valence-electron chi connectivity index (χ4n) is 2.04. The highest BCUT2D eigenvalue weighted by atomic mass is 79.9. The summed E-state index contributed by atoms with van der Waals surface area (Å²) >= 11 is 11.1. The summed E-state index contributed by atoms with van der Waals surface area (Å²) in [6.45, 7) is 0. The summed E-state index contributed by atoms with van der Waals surface area (Å²) in [4.78, 5) is 5.53. The van der Waals surface area contributed by atoms with Gasteiger partial charge in [-0.15, -0.1) is 11.3 Å². The maximum absolute atomic E-state index is 6.13. The van der Waals surface area contributed by atoms with Crippen molar-refractivity contribution in [1.29, 1.82) is 0 Å². The molecule has 0 aliphatic carbocycles. The van der Waals surface area contributed by atoms with Crippen LogP contribution in [0.2, 0.25) is 4.47 Å². The van der Waals surface area contributed by atoms with E-state index in [0.29, 0.717) is 4.47 Å². The lowest BCUT2D eigenvalue weighted by molar-refractivity contribution is 0.415. The molecule has 1 aromatic heterocycles. The molecule has 0 spiro atoms. The summed E-state index contributed by atoms with van der Waals surface area (Å²) in [5, 5.41) is 0. The van der Waals surface area contributed by atoms with Gasteiger partial charge in [0.15, 0.2) is 4.47 Å². The van der Waals surface area contributed by atoms with E-state index in [1.54, 1.807) is 7.11 Å². The molecule has 0 atom stereocenters. The Kier molecular flexibility index (Phi) is 4.29. The highest BCUT2D eigenvalue weighted by molar-refractivity contribution is 9.10. The van der Waals surface area contributed by atoms with Crippen LogP contribution in [0.3, 0.4) is 0 Å². The molecule has 3 aromatic rings. The molecule has 0 unspecified atom stereocenters. The van der Waals surface area contributed by atoms with E-state index in [-0.39, 0.29) is 0 Å². The van der Waals surface area contributed by atoms with Gasteiger partial charge in [0.25, 0.3) is 0 Å². The van der Waals surface area contributed by atoms with E-state index in [1.807, 2.05) is 36.4 Å². The zero-order valence-corrected chi connectivity index (χ0v) is 14.3. The molecule has 0 fully saturated rings. The van der Waals surface area contributed by atoms with Gasteiger partial charge in [0, 0.05) is 10.0 Å². The van der Waals surface area contributed by atoms with E-state index in [2.05, 4.69) is 33.0 Å². The molecule has 0 saturated carbocycles. The standard InChI is InChI=1S/C16H11BrClNOS/c1-20-13-8-4-10(5-9-13)14-15(21-16(18)19-14)11-2-6-12(17)7-3-11/h2-9H,1H3. The first-order chi connectivity index (χ1) is 10.2. The van der Waals surface area contributed by atoms with Crippen molar-refractivity contribution in [2.24, 2.45) is 0 Å². The van der Waals surface area contributed by atoms with Gasteiger partial charge < -0.3 is 4.74 Å². The Morgan fingerprint density at radius 3 is 2.24 bits per heavy atom. The lowest BCUT2D eigenvalue weighted by Crippen LogP contribution is -1.84. The second-order valence-electron chi connectivity index (χ2n) is 4.38. The first-order valence-corrected chi connectivity index (χ1v) is 8.23. The van der Waals surface area contributed by atoms with Gasteiger partial charge in [-0.1, -0.05) is 39.7 Å². The summed E-state index contributed by atoms with van der Waals surface area (Å²) in [6.07, 6.45) is 0. The third-order valence-corrected chi connectivity index (χ3v) is 4.81. The second kappa shape index (κ2) is 6.18. The summed E-state index contributed by atoms with van der Waals surface area (Å²) < 4.78 is 6.78. The lowest BCUT2D eigenvalue weighted by atomic mass is 10.1. The first kappa shape index (κ1) is 14.6. The summed E-state index contributed by atoms with van der Waals surface area (Å²) in [6, 6.07) is 16.0. The van der Waals surface area contributed by atoms with Crippen LogP contribution in [-0.2, 0) is 0 Å². The Balaban J connectivity index is 2.08. The molecule has 2 nitrogen and oxygen atoms in total. The normalized spacial score (nSPS) is 10.6. The molecule has 0 aliphatic heterocycles. The van der Waals surface area contributed by atoms with E-state index in [0.717, 1.165) is 31.9 Å². The van der Waals surface area contributed by atoms with Crippen molar-refractivity contribution < 1.29 is 4.74 Å². The fourth-order valence-corrected chi connectivity index (χ4v) is 3.44. The Labute approximate surface area is 140 Å². The van der Waals surface area contributed by atoms with Crippen molar-refractivity contribution in [2.75, 3.05) is 7.11 Å². The zero-order chi connectivity index (χ0) is 14.8. The number of methoxy groups -OCH3 is 1. The van der Waals surface area contributed by atoms with Gasteiger partial charge in [-0.2, -0.15) is 0 Å². The molecule has 1 heterocycles. The van der Waals surface area contributed by atoms with Gasteiger partial charge in [-0.3, -0.25) is 0 Å². The number of nitrogens with zero attached hydrogens (tertiary/aromatic N) is 1. The van der Waals surface area contributed by atoms with Gasteiger partial charge >= 0.3 is 0 Å². The molecule has 3 rings (SSSR count). The number of thiazole rings is 1. The summed E-state index contributed by atoms with van der Waals surface area (Å²) in [5.41, 5.74) is 3.03. The number of hydrogen-bond donors (Lipinski definition) is 0. The highest BCUT2D eigenvalue weighted by Gasteiger charge is 2.14. The molecule has 0 aliphatic rings. The molecular formula is C16H11BrClNOS. The van der Waals surface area contributed by atoms with Crippen LogP contribution >= 0.6 is 38.9 Å². The number of rotatable bonds is 3. The summed E-state index contributed by atoms with van der Waals surface area (Å²) in [7, 11) is 1.65. The van der Waals surface area contributed by atoms with Gasteiger partial charge in [-0.05, 0) is 42.0 Å². The van der Waals surface area contributed by atoms with Crippen LogP contribution in [0.15, 0.2) is 53.0 Å². The monoisotopic (exact) mass is 379 g/mol. The second-order valence-corrected chi connectivity index (χ2v) is 6.88. The number of benzene rings is 2. The van der Waals surface area contributed by atoms with Crippen molar-refractivity contribution in [3.8, 4) is 27.4 Å². The van der Waals surface area contributed by atoms with E-state index >= 15 is 0 Å². The number of ether oxygens (including phenoxy) is 1. The smallest absolute Gasteiger partial charge is 0.184 e. The molecule has 0 amide bonds. The number of hydrogen-bond acceptors (Lipinski definition) is 3. The van der Waals surface area contributed by atoms with Crippen molar-refractivity contribution in [3.63, 3.8) is 0 Å². The third kappa shape index (κ3) is 3.12. The van der Waals surface area contributed by atoms with E-state index < -0.39 is 0 Å². The third-order valence-electron chi connectivity index (χ3n) is 3.07. The van der Waals surface area contributed by atoms with Crippen LogP contribution in [0, 0.1) is 0 Å². The maximum atomic E-state index is 6.13. The van der Waals surface area contributed by atoms with Gasteiger partial charge in [0.05, 0.1) is 17.7 Å². The van der Waals surface area contributed by atoms with E-state index in [4.69, 9.17) is 16.3 Å². The quantitative estimate of drug-likeness (QED) is 0.564. The molecule has 0 radical (unpaired) electrons. The zero-order valence-electron chi connectivity index (χ0n) is 11.1. The predicted octanol–water partition coefficient (Wildman–Crippen LogP) is 5.90. The maximum Gasteiger partial charge on any atom is 0.184 e. The van der Waals surface area contributed by atoms with Crippen molar-refractivity contribution in [3.05, 3.63) is 57.5 Å². The van der Waals surface area contributed by atoms with Crippen molar-refractivity contribution in [2.45, 2.75) is 0 Å². The van der Waals surface area contributed by atoms with Crippen molar-refractivity contribution in [1.82, 2.24) is 4.98 Å². The van der Waals surface area contributed by atoms with Crippen LogP contribution in [0.4, 0.5) is 0 Å². The topological polar surface area (TPSA) is 22.1 Å². The molecule has 0 N–H and O–H groups in total. The van der Waals surface area contributed by atoms with E-state index in [9.17, 15) is 0 Å². The molecule has 5 heteroatoms. The minimum atomic E-state index is 0.540.